The highest BCUT2D eigenvalue weighted by Crippen LogP contribution is 2.17. The van der Waals surface area contributed by atoms with Gasteiger partial charge in [-0.3, -0.25) is 4.98 Å². The first-order valence-corrected chi connectivity index (χ1v) is 6.43. The lowest BCUT2D eigenvalue weighted by molar-refractivity contribution is 0.0644. The highest BCUT2D eigenvalue weighted by molar-refractivity contribution is 5.82. The van der Waals surface area contributed by atoms with Gasteiger partial charge in [0.15, 0.2) is 0 Å². The number of benzene rings is 1. The van der Waals surface area contributed by atoms with Crippen LogP contribution in [-0.4, -0.2) is 36.5 Å². The topological polar surface area (TPSA) is 54.4 Å². The number of aliphatic hydroxyl groups is 1. The van der Waals surface area contributed by atoms with Gasteiger partial charge in [-0.25, -0.2) is 0 Å². The average molecular weight is 260 g/mol. The van der Waals surface area contributed by atoms with Gasteiger partial charge in [0.05, 0.1) is 18.2 Å². The molecular formula is C15H20N2O2. The van der Waals surface area contributed by atoms with E-state index in [1.165, 1.54) is 5.56 Å². The molecule has 0 aliphatic rings. The van der Waals surface area contributed by atoms with Crippen molar-refractivity contribution in [3.8, 4) is 0 Å². The maximum Gasteiger partial charge on any atom is 0.0897 e. The number of rotatable bonds is 6. The number of para-hydroxylation sites is 1. The van der Waals surface area contributed by atoms with Gasteiger partial charge in [-0.15, -0.1) is 0 Å². The van der Waals surface area contributed by atoms with Crippen LogP contribution in [0.25, 0.3) is 10.9 Å². The number of hydrogen-bond acceptors (Lipinski definition) is 4. The Bertz CT molecular complexity index is 543. The van der Waals surface area contributed by atoms with E-state index < -0.39 is 6.10 Å². The first kappa shape index (κ1) is 13.9. The number of methoxy groups -OCH3 is 1. The number of hydrogen-bond donors (Lipinski definition) is 2. The number of fused-ring (bicyclic) bond motifs is 1. The highest BCUT2D eigenvalue weighted by atomic mass is 16.5. The predicted molar refractivity (Wildman–Crippen MR) is 76.1 cm³/mol. The van der Waals surface area contributed by atoms with Gasteiger partial charge in [0.2, 0.25) is 0 Å². The third-order valence-corrected chi connectivity index (χ3v) is 2.98. The van der Waals surface area contributed by atoms with Gasteiger partial charge in [0.1, 0.15) is 0 Å². The maximum atomic E-state index is 9.60. The average Bonchev–Trinajstić information content (AvgIpc) is 2.38. The lowest BCUT2D eigenvalue weighted by Gasteiger charge is -2.12. The molecule has 2 aromatic rings. The molecule has 0 saturated heterocycles. The van der Waals surface area contributed by atoms with Crippen molar-refractivity contribution in [2.24, 2.45) is 0 Å². The van der Waals surface area contributed by atoms with Crippen LogP contribution in [0.2, 0.25) is 0 Å². The van der Waals surface area contributed by atoms with Crippen LogP contribution in [0.4, 0.5) is 0 Å². The quantitative estimate of drug-likeness (QED) is 0.829. The van der Waals surface area contributed by atoms with Gasteiger partial charge in [0, 0.05) is 31.3 Å². The van der Waals surface area contributed by atoms with Crippen molar-refractivity contribution in [1.29, 1.82) is 0 Å². The molecule has 4 heteroatoms. The Kier molecular flexibility index (Phi) is 4.85. The molecule has 1 atom stereocenters. The molecular weight excluding hydrogens is 240 g/mol. The molecule has 0 aliphatic heterocycles. The summed E-state index contributed by atoms with van der Waals surface area (Å²) in [6, 6.07) is 10.2. The van der Waals surface area contributed by atoms with Crippen molar-refractivity contribution in [2.75, 3.05) is 20.3 Å². The smallest absolute Gasteiger partial charge is 0.0897 e. The van der Waals surface area contributed by atoms with Gasteiger partial charge >= 0.3 is 0 Å². The fourth-order valence-electron chi connectivity index (χ4n) is 2.17. The molecule has 1 aromatic carbocycles. The second-order valence-electron chi connectivity index (χ2n) is 4.68. The highest BCUT2D eigenvalue weighted by Gasteiger charge is 2.05. The summed E-state index contributed by atoms with van der Waals surface area (Å²) in [4.78, 5) is 4.51. The van der Waals surface area contributed by atoms with Crippen LogP contribution in [0.15, 0.2) is 30.3 Å². The van der Waals surface area contributed by atoms with Crippen molar-refractivity contribution >= 4 is 10.9 Å². The Morgan fingerprint density at radius 2 is 2.16 bits per heavy atom. The fourth-order valence-corrected chi connectivity index (χ4v) is 2.17. The first-order chi connectivity index (χ1) is 9.20. The first-order valence-electron chi connectivity index (χ1n) is 6.43. The number of pyridine rings is 1. The standard InChI is InChI=1S/C15H20N2O2/c1-11-7-12(8-16-9-13(18)10-19-2)14-5-3-4-6-15(14)17-11/h3-7,13,16,18H,8-10H2,1-2H3. The molecule has 0 bridgehead atoms. The molecule has 102 valence electrons. The lowest BCUT2D eigenvalue weighted by atomic mass is 10.1. The van der Waals surface area contributed by atoms with E-state index in [4.69, 9.17) is 4.74 Å². The molecule has 1 unspecified atom stereocenters. The number of aliphatic hydroxyl groups excluding tert-OH is 1. The predicted octanol–water partition coefficient (Wildman–Crippen LogP) is 1.64. The van der Waals surface area contributed by atoms with Crippen LogP contribution in [-0.2, 0) is 11.3 Å². The minimum Gasteiger partial charge on any atom is -0.389 e. The second-order valence-corrected chi connectivity index (χ2v) is 4.68. The monoisotopic (exact) mass is 260 g/mol. The van der Waals surface area contributed by atoms with Gasteiger partial charge in [0.25, 0.3) is 0 Å². The van der Waals surface area contributed by atoms with E-state index in [0.29, 0.717) is 19.7 Å². The molecule has 0 fully saturated rings. The van der Waals surface area contributed by atoms with Gasteiger partial charge in [-0.2, -0.15) is 0 Å². The Hall–Kier alpha value is -1.49. The largest absolute Gasteiger partial charge is 0.389 e. The van der Waals surface area contributed by atoms with Gasteiger partial charge in [-0.1, -0.05) is 18.2 Å². The van der Waals surface area contributed by atoms with Crippen molar-refractivity contribution in [2.45, 2.75) is 19.6 Å². The molecule has 0 amide bonds. The fraction of sp³-hybridized carbons (Fsp3) is 0.400. The molecule has 0 saturated carbocycles. The minimum absolute atomic E-state index is 0.350. The summed E-state index contributed by atoms with van der Waals surface area (Å²) >= 11 is 0. The SMILES string of the molecule is COCC(O)CNCc1cc(C)nc2ccccc12. The van der Waals surface area contributed by atoms with Crippen LogP contribution >= 0.6 is 0 Å². The molecule has 2 rings (SSSR count). The molecule has 0 radical (unpaired) electrons. The zero-order chi connectivity index (χ0) is 13.7. The summed E-state index contributed by atoms with van der Waals surface area (Å²) < 4.78 is 4.90. The normalized spacial score (nSPS) is 12.8. The number of aromatic nitrogens is 1. The third kappa shape index (κ3) is 3.73. The summed E-state index contributed by atoms with van der Waals surface area (Å²) in [5.74, 6) is 0. The molecule has 1 aromatic heterocycles. The molecule has 1 heterocycles. The lowest BCUT2D eigenvalue weighted by Crippen LogP contribution is -2.29. The molecule has 2 N–H and O–H groups in total. The summed E-state index contributed by atoms with van der Waals surface area (Å²) in [7, 11) is 1.59. The van der Waals surface area contributed by atoms with Gasteiger partial charge < -0.3 is 15.2 Å². The molecule has 0 spiro atoms. The van der Waals surface area contributed by atoms with Crippen molar-refractivity contribution in [1.82, 2.24) is 10.3 Å². The Morgan fingerprint density at radius 3 is 2.95 bits per heavy atom. The van der Waals surface area contributed by atoms with E-state index in [-0.39, 0.29) is 0 Å². The van der Waals surface area contributed by atoms with Crippen molar-refractivity contribution < 1.29 is 9.84 Å². The van der Waals surface area contributed by atoms with E-state index in [0.717, 1.165) is 16.6 Å². The van der Waals surface area contributed by atoms with Crippen LogP contribution in [0.5, 0.6) is 0 Å². The van der Waals surface area contributed by atoms with E-state index in [1.54, 1.807) is 7.11 Å². The molecule has 4 nitrogen and oxygen atoms in total. The van der Waals surface area contributed by atoms with Crippen molar-refractivity contribution in [3.05, 3.63) is 41.6 Å². The summed E-state index contributed by atoms with van der Waals surface area (Å²) in [5.41, 5.74) is 3.22. The zero-order valence-electron chi connectivity index (χ0n) is 11.4. The van der Waals surface area contributed by atoms with Crippen molar-refractivity contribution in [3.63, 3.8) is 0 Å². The summed E-state index contributed by atoms with van der Waals surface area (Å²) in [5, 5.41) is 14.0. The van der Waals surface area contributed by atoms with Gasteiger partial charge in [-0.05, 0) is 24.6 Å². The van der Waals surface area contributed by atoms with Crippen LogP contribution < -0.4 is 5.32 Å². The van der Waals surface area contributed by atoms with Crippen LogP contribution in [0, 0.1) is 6.92 Å². The molecule has 19 heavy (non-hydrogen) atoms. The van der Waals surface area contributed by atoms with E-state index >= 15 is 0 Å². The number of nitrogens with one attached hydrogen (secondary N) is 1. The summed E-state index contributed by atoms with van der Waals surface area (Å²) in [6.45, 7) is 3.58. The molecule has 0 aliphatic carbocycles. The van der Waals surface area contributed by atoms with Crippen LogP contribution in [0.1, 0.15) is 11.3 Å². The van der Waals surface area contributed by atoms with E-state index in [2.05, 4.69) is 22.4 Å². The maximum absolute atomic E-state index is 9.60. The number of aryl methyl sites for hydroxylation is 1. The van der Waals surface area contributed by atoms with E-state index in [9.17, 15) is 5.11 Å². The zero-order valence-corrected chi connectivity index (χ0v) is 11.4. The Morgan fingerprint density at radius 1 is 1.37 bits per heavy atom. The Balaban J connectivity index is 2.08. The Labute approximate surface area is 113 Å². The number of nitrogens with zero attached hydrogens (tertiary/aromatic N) is 1. The third-order valence-electron chi connectivity index (χ3n) is 2.98. The number of ether oxygens (including phenoxy) is 1. The minimum atomic E-state index is -0.473. The van der Waals surface area contributed by atoms with Crippen LogP contribution in [0.3, 0.4) is 0 Å². The van der Waals surface area contributed by atoms with E-state index in [1.807, 2.05) is 25.1 Å². The second kappa shape index (κ2) is 6.61. The summed E-state index contributed by atoms with van der Waals surface area (Å²) in [6.07, 6.45) is -0.473.